The third kappa shape index (κ3) is 5.83. The van der Waals surface area contributed by atoms with E-state index < -0.39 is 0 Å². The summed E-state index contributed by atoms with van der Waals surface area (Å²) in [6.45, 7) is 10.7. The molecule has 0 saturated heterocycles. The average molecular weight is 271 g/mol. The van der Waals surface area contributed by atoms with Crippen LogP contribution in [0.5, 0.6) is 0 Å². The molecule has 1 rings (SSSR count). The summed E-state index contributed by atoms with van der Waals surface area (Å²) in [5.74, 6) is 0. The molecule has 0 saturated carbocycles. The van der Waals surface area contributed by atoms with Crippen molar-refractivity contribution in [3.05, 3.63) is 42.1 Å². The predicted molar refractivity (Wildman–Crippen MR) is 90.1 cm³/mol. The van der Waals surface area contributed by atoms with Crippen molar-refractivity contribution in [2.75, 3.05) is 18.0 Å². The molecule has 0 aliphatic heterocycles. The van der Waals surface area contributed by atoms with Crippen LogP contribution in [-0.4, -0.2) is 26.0 Å². The summed E-state index contributed by atoms with van der Waals surface area (Å²) < 4.78 is 0. The number of anilines is 1. The molecule has 0 aromatic heterocycles. The van der Waals surface area contributed by atoms with E-state index in [4.69, 9.17) is 0 Å². The van der Waals surface area contributed by atoms with Gasteiger partial charge in [0.05, 0.1) is 6.54 Å². The van der Waals surface area contributed by atoms with Gasteiger partial charge in [-0.05, 0) is 43.3 Å². The van der Waals surface area contributed by atoms with Crippen molar-refractivity contribution in [1.29, 1.82) is 0 Å². The van der Waals surface area contributed by atoms with E-state index >= 15 is 0 Å². The van der Waals surface area contributed by atoms with Crippen LogP contribution in [0.4, 0.5) is 5.69 Å². The van der Waals surface area contributed by atoms with Crippen LogP contribution in [0.2, 0.25) is 0 Å². The molecular weight excluding hydrogens is 246 g/mol. The lowest BCUT2D eigenvalue weighted by atomic mass is 10.2. The van der Waals surface area contributed by atoms with Crippen molar-refractivity contribution >= 4 is 18.6 Å². The van der Waals surface area contributed by atoms with Gasteiger partial charge >= 0.3 is 0 Å². The Labute approximate surface area is 122 Å². The molecule has 0 aliphatic rings. The van der Waals surface area contributed by atoms with Crippen molar-refractivity contribution in [2.24, 2.45) is 9.98 Å². The topological polar surface area (TPSA) is 28.0 Å². The van der Waals surface area contributed by atoms with Crippen molar-refractivity contribution in [1.82, 2.24) is 0 Å². The zero-order valence-corrected chi connectivity index (χ0v) is 12.6. The summed E-state index contributed by atoms with van der Waals surface area (Å²) >= 11 is 0. The molecule has 0 aliphatic carbocycles. The van der Waals surface area contributed by atoms with Gasteiger partial charge in [-0.2, -0.15) is 0 Å². The highest BCUT2D eigenvalue weighted by Gasteiger charge is 2.03. The molecule has 0 bridgehead atoms. The Kier molecular flexibility index (Phi) is 8.04. The highest BCUT2D eigenvalue weighted by atomic mass is 15.1. The number of allylic oxidation sites excluding steroid dienone is 1. The molecule has 1 aromatic carbocycles. The SMILES string of the molecule is C=N/C=C\C=NCc1ccc(N(CCC)CCC)cc1. The van der Waals surface area contributed by atoms with Crippen LogP contribution in [0.1, 0.15) is 32.3 Å². The Bertz CT molecular complexity index is 426. The summed E-state index contributed by atoms with van der Waals surface area (Å²) in [6, 6.07) is 8.69. The molecule has 3 nitrogen and oxygen atoms in total. The number of rotatable bonds is 9. The lowest BCUT2D eigenvalue weighted by Gasteiger charge is -2.23. The fourth-order valence-corrected chi connectivity index (χ4v) is 2.04. The maximum Gasteiger partial charge on any atom is 0.0639 e. The molecule has 0 spiro atoms. The molecular formula is C17H25N3. The lowest BCUT2D eigenvalue weighted by Crippen LogP contribution is -2.24. The van der Waals surface area contributed by atoms with Crippen LogP contribution in [0, 0.1) is 0 Å². The van der Waals surface area contributed by atoms with E-state index in [0.29, 0.717) is 6.54 Å². The van der Waals surface area contributed by atoms with Crippen LogP contribution in [-0.2, 0) is 6.54 Å². The van der Waals surface area contributed by atoms with Gasteiger partial charge in [0.25, 0.3) is 0 Å². The molecule has 0 atom stereocenters. The van der Waals surface area contributed by atoms with Crippen LogP contribution in [0.25, 0.3) is 0 Å². The van der Waals surface area contributed by atoms with Gasteiger partial charge < -0.3 is 4.90 Å². The first kappa shape index (κ1) is 16.2. The highest BCUT2D eigenvalue weighted by molar-refractivity contribution is 5.71. The van der Waals surface area contributed by atoms with Gasteiger partial charge in [-0.1, -0.05) is 26.0 Å². The molecule has 0 fully saturated rings. The van der Waals surface area contributed by atoms with Crippen molar-refractivity contribution in [3.8, 4) is 0 Å². The molecule has 3 heteroatoms. The summed E-state index contributed by atoms with van der Waals surface area (Å²) in [5, 5.41) is 0. The van der Waals surface area contributed by atoms with Crippen molar-refractivity contribution < 1.29 is 0 Å². The monoisotopic (exact) mass is 271 g/mol. The summed E-state index contributed by atoms with van der Waals surface area (Å²) in [4.78, 5) is 10.4. The standard InChI is InChI=1S/C17H25N3/c1-4-13-20(14-5-2)17-9-7-16(8-10-17)15-19-12-6-11-18-3/h6-12H,3-5,13-15H2,1-2H3/b11-6-,19-12?. The summed E-state index contributed by atoms with van der Waals surface area (Å²) in [5.41, 5.74) is 2.52. The molecule has 20 heavy (non-hydrogen) atoms. The predicted octanol–water partition coefficient (Wildman–Crippen LogP) is 4.10. The maximum atomic E-state index is 4.31. The number of hydrogen-bond acceptors (Lipinski definition) is 3. The summed E-state index contributed by atoms with van der Waals surface area (Å²) in [6.07, 6.45) is 7.51. The second-order valence-electron chi connectivity index (χ2n) is 4.67. The Hall–Kier alpha value is -1.90. The Morgan fingerprint density at radius 2 is 1.75 bits per heavy atom. The van der Waals surface area contributed by atoms with Gasteiger partial charge in [-0.3, -0.25) is 9.98 Å². The smallest absolute Gasteiger partial charge is 0.0639 e. The number of benzene rings is 1. The number of hydrogen-bond donors (Lipinski definition) is 0. The van der Waals surface area contributed by atoms with Crippen molar-refractivity contribution in [2.45, 2.75) is 33.2 Å². The maximum absolute atomic E-state index is 4.31. The normalized spacial score (nSPS) is 11.3. The molecule has 0 amide bonds. The second-order valence-corrected chi connectivity index (χ2v) is 4.67. The van der Waals surface area contributed by atoms with Crippen molar-refractivity contribution in [3.63, 3.8) is 0 Å². The Balaban J connectivity index is 2.60. The van der Waals surface area contributed by atoms with Gasteiger partial charge in [0.15, 0.2) is 0 Å². The van der Waals surface area contributed by atoms with Crippen LogP contribution < -0.4 is 4.90 Å². The minimum atomic E-state index is 0.698. The third-order valence-electron chi connectivity index (χ3n) is 2.95. The largest absolute Gasteiger partial charge is 0.372 e. The molecule has 0 radical (unpaired) electrons. The van der Waals surface area contributed by atoms with Crippen LogP contribution >= 0.6 is 0 Å². The van der Waals surface area contributed by atoms with E-state index in [1.807, 2.05) is 0 Å². The first-order valence-electron chi connectivity index (χ1n) is 7.26. The Morgan fingerprint density at radius 3 is 2.30 bits per heavy atom. The molecule has 0 unspecified atom stereocenters. The number of nitrogens with zero attached hydrogens (tertiary/aromatic N) is 3. The quantitative estimate of drug-likeness (QED) is 0.621. The second kappa shape index (κ2) is 9.96. The minimum Gasteiger partial charge on any atom is -0.372 e. The van der Waals surface area contributed by atoms with Gasteiger partial charge in [0.1, 0.15) is 0 Å². The number of aliphatic imine (C=N–C) groups is 2. The van der Waals surface area contributed by atoms with E-state index in [2.05, 4.69) is 59.7 Å². The Morgan fingerprint density at radius 1 is 1.10 bits per heavy atom. The highest BCUT2D eigenvalue weighted by Crippen LogP contribution is 2.16. The van der Waals surface area contributed by atoms with Crippen LogP contribution in [0.3, 0.4) is 0 Å². The van der Waals surface area contributed by atoms with E-state index in [-0.39, 0.29) is 0 Å². The lowest BCUT2D eigenvalue weighted by molar-refractivity contribution is 0.745. The molecule has 0 N–H and O–H groups in total. The van der Waals surface area contributed by atoms with Gasteiger partial charge in [0.2, 0.25) is 0 Å². The van der Waals surface area contributed by atoms with E-state index in [1.165, 1.54) is 24.1 Å². The molecule has 108 valence electrons. The van der Waals surface area contributed by atoms with E-state index in [0.717, 1.165) is 13.1 Å². The first-order valence-corrected chi connectivity index (χ1v) is 7.26. The van der Waals surface area contributed by atoms with Gasteiger partial charge in [0, 0.05) is 31.2 Å². The fraction of sp³-hybridized carbons (Fsp3) is 0.412. The zero-order chi connectivity index (χ0) is 14.6. The minimum absolute atomic E-state index is 0.698. The summed E-state index contributed by atoms with van der Waals surface area (Å²) in [7, 11) is 0. The van der Waals surface area contributed by atoms with E-state index in [1.54, 1.807) is 18.5 Å². The van der Waals surface area contributed by atoms with Gasteiger partial charge in [-0.15, -0.1) is 0 Å². The zero-order valence-electron chi connectivity index (χ0n) is 12.6. The molecule has 1 aromatic rings. The average Bonchev–Trinajstić information content (AvgIpc) is 2.47. The van der Waals surface area contributed by atoms with Gasteiger partial charge in [-0.25, -0.2) is 0 Å². The molecule has 0 heterocycles. The third-order valence-corrected chi connectivity index (χ3v) is 2.95. The first-order chi connectivity index (χ1) is 9.81. The van der Waals surface area contributed by atoms with Crippen LogP contribution in [0.15, 0.2) is 46.5 Å². The van der Waals surface area contributed by atoms with E-state index in [9.17, 15) is 0 Å². The fourth-order valence-electron chi connectivity index (χ4n) is 2.04.